The maximum absolute atomic E-state index is 15.0. The standard InChI is InChI=1S/C21H15ClF3N3O2/c22-13-6-16-11(9-27-20(16)17(24)7-13)2-1-10-3-14(23)4-12(19(10)25)5-15-8-18(21(26)29)28-30-15/h3-4,6-9,27H,1-2,5H2,(H2,26,29). The lowest BCUT2D eigenvalue weighted by atomic mass is 9.99. The molecule has 0 spiro atoms. The number of halogens is 4. The van der Waals surface area contributed by atoms with Gasteiger partial charge in [0.15, 0.2) is 5.69 Å². The Kier molecular flexibility index (Phi) is 5.26. The van der Waals surface area contributed by atoms with Crippen molar-refractivity contribution < 1.29 is 22.5 Å². The molecule has 0 atom stereocenters. The third-order valence-electron chi connectivity index (χ3n) is 4.82. The number of nitrogens with two attached hydrogens (primary N) is 1. The molecule has 0 fully saturated rings. The van der Waals surface area contributed by atoms with E-state index in [-0.39, 0.29) is 40.4 Å². The lowest BCUT2D eigenvalue weighted by Gasteiger charge is -2.08. The summed E-state index contributed by atoms with van der Waals surface area (Å²) in [4.78, 5) is 13.9. The molecule has 0 saturated heterocycles. The summed E-state index contributed by atoms with van der Waals surface area (Å²) >= 11 is 5.93. The molecule has 0 saturated carbocycles. The molecular weight excluding hydrogens is 419 g/mol. The van der Waals surface area contributed by atoms with Gasteiger partial charge >= 0.3 is 0 Å². The largest absolute Gasteiger partial charge is 0.364 e. The summed E-state index contributed by atoms with van der Waals surface area (Å²) < 4.78 is 48.0. The van der Waals surface area contributed by atoms with Crippen LogP contribution in [0.15, 0.2) is 41.1 Å². The van der Waals surface area contributed by atoms with Gasteiger partial charge in [0, 0.05) is 29.1 Å². The van der Waals surface area contributed by atoms with Crippen molar-refractivity contribution in [3.63, 3.8) is 0 Å². The second kappa shape index (κ2) is 7.87. The summed E-state index contributed by atoms with van der Waals surface area (Å²) in [6.45, 7) is 0. The summed E-state index contributed by atoms with van der Waals surface area (Å²) in [7, 11) is 0. The topological polar surface area (TPSA) is 84.9 Å². The van der Waals surface area contributed by atoms with E-state index in [1.54, 1.807) is 12.3 Å². The molecule has 1 amide bonds. The molecule has 2 aromatic heterocycles. The normalized spacial score (nSPS) is 11.3. The van der Waals surface area contributed by atoms with Crippen LogP contribution >= 0.6 is 11.6 Å². The molecule has 0 aliphatic heterocycles. The number of rotatable bonds is 6. The average molecular weight is 434 g/mol. The first-order valence-corrected chi connectivity index (χ1v) is 9.37. The fourth-order valence-corrected chi connectivity index (χ4v) is 3.61. The number of aromatic nitrogens is 2. The zero-order valence-electron chi connectivity index (χ0n) is 15.4. The number of aromatic amines is 1. The second-order valence-corrected chi connectivity index (χ2v) is 7.32. The minimum Gasteiger partial charge on any atom is -0.364 e. The maximum atomic E-state index is 15.0. The number of carbonyl (C=O) groups is 1. The van der Waals surface area contributed by atoms with Crippen LogP contribution in [0.4, 0.5) is 13.2 Å². The Labute approximate surface area is 173 Å². The maximum Gasteiger partial charge on any atom is 0.270 e. The van der Waals surface area contributed by atoms with E-state index in [4.69, 9.17) is 21.9 Å². The number of H-pyrrole nitrogens is 1. The van der Waals surface area contributed by atoms with Crippen molar-refractivity contribution in [1.82, 2.24) is 10.1 Å². The number of aryl methyl sites for hydroxylation is 2. The van der Waals surface area contributed by atoms with E-state index in [1.165, 1.54) is 12.1 Å². The minimum atomic E-state index is -0.777. The summed E-state index contributed by atoms with van der Waals surface area (Å²) in [6, 6.07) is 6.30. The van der Waals surface area contributed by atoms with Crippen LogP contribution in [0.3, 0.4) is 0 Å². The Morgan fingerprint density at radius 1 is 1.07 bits per heavy atom. The molecular formula is C21H15ClF3N3O2. The molecule has 0 aliphatic rings. The van der Waals surface area contributed by atoms with E-state index in [0.29, 0.717) is 17.3 Å². The molecule has 5 nitrogen and oxygen atoms in total. The van der Waals surface area contributed by atoms with Gasteiger partial charge in [0.2, 0.25) is 0 Å². The number of nitrogens with one attached hydrogen (secondary N) is 1. The quantitative estimate of drug-likeness (QED) is 0.462. The van der Waals surface area contributed by atoms with Crippen molar-refractivity contribution >= 4 is 28.4 Å². The number of hydrogen-bond donors (Lipinski definition) is 2. The van der Waals surface area contributed by atoms with Gasteiger partial charge in [-0.25, -0.2) is 13.2 Å². The molecule has 9 heteroatoms. The third-order valence-corrected chi connectivity index (χ3v) is 5.04. The number of primary amides is 1. The van der Waals surface area contributed by atoms with Gasteiger partial charge in [-0.15, -0.1) is 0 Å². The molecule has 154 valence electrons. The van der Waals surface area contributed by atoms with Crippen molar-refractivity contribution in [3.05, 3.63) is 87.1 Å². The Morgan fingerprint density at radius 3 is 2.53 bits per heavy atom. The fraction of sp³-hybridized carbons (Fsp3) is 0.143. The fourth-order valence-electron chi connectivity index (χ4n) is 3.40. The van der Waals surface area contributed by atoms with E-state index in [2.05, 4.69) is 10.1 Å². The number of benzene rings is 2. The highest BCUT2D eigenvalue weighted by atomic mass is 35.5. The van der Waals surface area contributed by atoms with E-state index in [9.17, 15) is 18.0 Å². The molecule has 0 unspecified atom stereocenters. The Bertz CT molecular complexity index is 1270. The lowest BCUT2D eigenvalue weighted by Crippen LogP contribution is -2.10. The van der Waals surface area contributed by atoms with Gasteiger partial charge in [0.1, 0.15) is 23.2 Å². The first-order valence-electron chi connectivity index (χ1n) is 8.99. The highest BCUT2D eigenvalue weighted by molar-refractivity contribution is 6.31. The van der Waals surface area contributed by atoms with Gasteiger partial charge in [-0.05, 0) is 53.8 Å². The van der Waals surface area contributed by atoms with Crippen molar-refractivity contribution in [3.8, 4) is 0 Å². The Morgan fingerprint density at radius 2 is 1.80 bits per heavy atom. The van der Waals surface area contributed by atoms with Gasteiger partial charge in [-0.2, -0.15) is 0 Å². The number of nitrogens with zero attached hydrogens (tertiary/aromatic N) is 1. The molecule has 0 bridgehead atoms. The van der Waals surface area contributed by atoms with Crippen LogP contribution in [0, 0.1) is 17.5 Å². The van der Waals surface area contributed by atoms with Crippen LogP contribution in [-0.4, -0.2) is 16.0 Å². The van der Waals surface area contributed by atoms with Gasteiger partial charge in [-0.1, -0.05) is 16.8 Å². The predicted molar refractivity (Wildman–Crippen MR) is 105 cm³/mol. The first-order chi connectivity index (χ1) is 14.3. The van der Waals surface area contributed by atoms with Crippen molar-refractivity contribution in [2.24, 2.45) is 5.73 Å². The van der Waals surface area contributed by atoms with Crippen LogP contribution in [0.1, 0.15) is 32.9 Å². The smallest absolute Gasteiger partial charge is 0.270 e. The van der Waals surface area contributed by atoms with E-state index >= 15 is 0 Å². The van der Waals surface area contributed by atoms with Gasteiger partial charge < -0.3 is 15.2 Å². The van der Waals surface area contributed by atoms with Crippen molar-refractivity contribution in [2.75, 3.05) is 0 Å². The monoisotopic (exact) mass is 433 g/mol. The van der Waals surface area contributed by atoms with Crippen LogP contribution in [-0.2, 0) is 19.3 Å². The van der Waals surface area contributed by atoms with E-state index in [0.717, 1.165) is 17.7 Å². The zero-order chi connectivity index (χ0) is 21.4. The SMILES string of the molecule is NC(=O)c1cc(Cc2cc(F)cc(CCc3c[nH]c4c(F)cc(Cl)cc34)c2F)on1. The number of fused-ring (bicyclic) bond motifs is 1. The Hall–Kier alpha value is -3.26. The summed E-state index contributed by atoms with van der Waals surface area (Å²) in [5.41, 5.74) is 6.29. The first kappa shape index (κ1) is 20.0. The van der Waals surface area contributed by atoms with E-state index in [1.807, 2.05) is 0 Å². The van der Waals surface area contributed by atoms with Gasteiger partial charge in [0.05, 0.1) is 5.52 Å². The van der Waals surface area contributed by atoms with Crippen molar-refractivity contribution in [2.45, 2.75) is 19.3 Å². The number of hydrogen-bond acceptors (Lipinski definition) is 3. The summed E-state index contributed by atoms with van der Waals surface area (Å²) in [6.07, 6.45) is 2.06. The van der Waals surface area contributed by atoms with E-state index < -0.39 is 23.4 Å². The molecule has 4 aromatic rings. The van der Waals surface area contributed by atoms with Crippen LogP contribution in [0.5, 0.6) is 0 Å². The third kappa shape index (κ3) is 3.91. The van der Waals surface area contributed by atoms with Crippen LogP contribution in [0.25, 0.3) is 10.9 Å². The highest BCUT2D eigenvalue weighted by Crippen LogP contribution is 2.27. The van der Waals surface area contributed by atoms with Crippen LogP contribution in [0.2, 0.25) is 5.02 Å². The molecule has 2 heterocycles. The number of carbonyl (C=O) groups excluding carboxylic acids is 1. The van der Waals surface area contributed by atoms with Crippen molar-refractivity contribution in [1.29, 1.82) is 0 Å². The molecule has 4 rings (SSSR count). The highest BCUT2D eigenvalue weighted by Gasteiger charge is 2.17. The lowest BCUT2D eigenvalue weighted by molar-refractivity contribution is 0.0991. The predicted octanol–water partition coefficient (Wildman–Crippen LogP) is 4.70. The number of amides is 1. The van der Waals surface area contributed by atoms with Gasteiger partial charge in [-0.3, -0.25) is 4.79 Å². The summed E-state index contributed by atoms with van der Waals surface area (Å²) in [5.74, 6) is -2.27. The summed E-state index contributed by atoms with van der Waals surface area (Å²) in [5, 5.41) is 4.34. The molecule has 3 N–H and O–H groups in total. The molecule has 0 radical (unpaired) electrons. The molecule has 0 aliphatic carbocycles. The molecule has 2 aromatic carbocycles. The van der Waals surface area contributed by atoms with Gasteiger partial charge in [0.25, 0.3) is 5.91 Å². The Balaban J connectivity index is 1.58. The van der Waals surface area contributed by atoms with Crippen LogP contribution < -0.4 is 5.73 Å². The molecule has 30 heavy (non-hydrogen) atoms. The average Bonchev–Trinajstić information content (AvgIpc) is 3.30. The zero-order valence-corrected chi connectivity index (χ0v) is 16.2. The minimum absolute atomic E-state index is 0.0604. The second-order valence-electron chi connectivity index (χ2n) is 6.88.